The fourth-order valence-corrected chi connectivity index (χ4v) is 2.93. The van der Waals surface area contributed by atoms with Crippen molar-refractivity contribution in [3.8, 4) is 0 Å². The molecular weight excluding hydrogens is 280 g/mol. The highest BCUT2D eigenvalue weighted by atomic mass is 32.1. The zero-order valence-corrected chi connectivity index (χ0v) is 11.7. The molecule has 2 heterocycles. The van der Waals surface area contributed by atoms with Gasteiger partial charge in [-0.25, -0.2) is 4.79 Å². The normalized spacial score (nSPS) is 15.4. The van der Waals surface area contributed by atoms with Crippen LogP contribution in [0.15, 0.2) is 12.1 Å². The maximum Gasteiger partial charge on any atom is 0.328 e. The summed E-state index contributed by atoms with van der Waals surface area (Å²) < 4.78 is 0. The molecule has 1 aliphatic rings. The molecule has 0 bridgehead atoms. The number of hydrogen-bond acceptors (Lipinski definition) is 4. The van der Waals surface area contributed by atoms with Crippen LogP contribution in [0, 0.1) is 6.92 Å². The van der Waals surface area contributed by atoms with Crippen LogP contribution in [0.25, 0.3) is 6.08 Å². The molecule has 106 valence electrons. The second kappa shape index (κ2) is 5.87. The minimum atomic E-state index is -1.03. The summed E-state index contributed by atoms with van der Waals surface area (Å²) in [7, 11) is 0. The number of carbonyl (C=O) groups is 3. The van der Waals surface area contributed by atoms with Gasteiger partial charge in [-0.15, -0.1) is 11.3 Å². The summed E-state index contributed by atoms with van der Waals surface area (Å²) in [6.45, 7) is 2.83. The Labute approximate surface area is 119 Å². The summed E-state index contributed by atoms with van der Waals surface area (Å²) in [4.78, 5) is 36.8. The number of rotatable bonds is 3. The van der Waals surface area contributed by atoms with Crippen LogP contribution in [0.2, 0.25) is 0 Å². The first kappa shape index (κ1) is 14.3. The van der Waals surface area contributed by atoms with Gasteiger partial charge in [-0.2, -0.15) is 0 Å². The Kier molecular flexibility index (Phi) is 4.19. The average molecular weight is 294 g/mol. The van der Waals surface area contributed by atoms with Crippen molar-refractivity contribution in [1.29, 1.82) is 0 Å². The van der Waals surface area contributed by atoms with E-state index in [0.29, 0.717) is 18.0 Å². The van der Waals surface area contributed by atoms with Gasteiger partial charge in [0.15, 0.2) is 0 Å². The molecule has 2 rings (SSSR count). The number of carboxylic acids is 1. The van der Waals surface area contributed by atoms with Gasteiger partial charge < -0.3 is 15.3 Å². The van der Waals surface area contributed by atoms with Crippen molar-refractivity contribution >= 4 is 35.2 Å². The second-order valence-corrected chi connectivity index (χ2v) is 5.49. The van der Waals surface area contributed by atoms with Crippen LogP contribution in [0.3, 0.4) is 0 Å². The predicted octanol–water partition coefficient (Wildman–Crippen LogP) is 0.726. The molecule has 2 amide bonds. The van der Waals surface area contributed by atoms with E-state index in [1.807, 2.05) is 6.92 Å². The van der Waals surface area contributed by atoms with Crippen LogP contribution in [0.4, 0.5) is 0 Å². The van der Waals surface area contributed by atoms with Gasteiger partial charge in [-0.3, -0.25) is 9.59 Å². The molecule has 1 aromatic heterocycles. The Morgan fingerprint density at radius 3 is 2.90 bits per heavy atom. The Morgan fingerprint density at radius 1 is 1.50 bits per heavy atom. The van der Waals surface area contributed by atoms with Gasteiger partial charge >= 0.3 is 5.97 Å². The molecule has 0 saturated carbocycles. The highest BCUT2D eigenvalue weighted by molar-refractivity contribution is 7.15. The molecule has 0 atom stereocenters. The zero-order valence-electron chi connectivity index (χ0n) is 10.9. The lowest BCUT2D eigenvalue weighted by Crippen LogP contribution is -2.49. The second-order valence-electron chi connectivity index (χ2n) is 4.41. The van der Waals surface area contributed by atoms with E-state index >= 15 is 0 Å². The van der Waals surface area contributed by atoms with Crippen LogP contribution in [0.1, 0.15) is 20.1 Å². The fraction of sp³-hybridized carbons (Fsp3) is 0.308. The zero-order chi connectivity index (χ0) is 14.7. The van der Waals surface area contributed by atoms with Crippen LogP contribution >= 0.6 is 11.3 Å². The number of carboxylic acid groups (broad SMARTS) is 1. The van der Waals surface area contributed by atoms with E-state index in [-0.39, 0.29) is 18.4 Å². The van der Waals surface area contributed by atoms with Gasteiger partial charge in [-0.1, -0.05) is 0 Å². The smallest absolute Gasteiger partial charge is 0.328 e. The minimum Gasteiger partial charge on any atom is -0.478 e. The van der Waals surface area contributed by atoms with Gasteiger partial charge in [0, 0.05) is 24.0 Å². The monoisotopic (exact) mass is 294 g/mol. The molecule has 0 spiro atoms. The molecule has 20 heavy (non-hydrogen) atoms. The molecule has 0 aromatic carbocycles. The molecule has 6 nitrogen and oxygen atoms in total. The van der Waals surface area contributed by atoms with Crippen LogP contribution < -0.4 is 5.32 Å². The van der Waals surface area contributed by atoms with Crippen molar-refractivity contribution in [3.05, 3.63) is 27.5 Å². The largest absolute Gasteiger partial charge is 0.478 e. The van der Waals surface area contributed by atoms with Crippen molar-refractivity contribution in [3.63, 3.8) is 0 Å². The fourth-order valence-electron chi connectivity index (χ4n) is 1.88. The summed E-state index contributed by atoms with van der Waals surface area (Å²) >= 11 is 1.23. The summed E-state index contributed by atoms with van der Waals surface area (Å²) in [5.74, 6) is -1.38. The highest BCUT2D eigenvalue weighted by Crippen LogP contribution is 2.24. The van der Waals surface area contributed by atoms with E-state index in [1.54, 1.807) is 6.07 Å². The molecular formula is C13H14N2O4S. The van der Waals surface area contributed by atoms with Crippen molar-refractivity contribution in [2.75, 3.05) is 19.6 Å². The lowest BCUT2D eigenvalue weighted by molar-refractivity contribution is -0.131. The number of aliphatic carboxylic acids is 1. The van der Waals surface area contributed by atoms with Crippen LogP contribution in [-0.2, 0) is 9.59 Å². The molecule has 0 aliphatic carbocycles. The van der Waals surface area contributed by atoms with Gasteiger partial charge in [0.05, 0.1) is 11.4 Å². The Balaban J connectivity index is 2.16. The predicted molar refractivity (Wildman–Crippen MR) is 74.6 cm³/mol. The SMILES string of the molecule is Cc1cc(C(=O)N2CCNC(=O)C2)sc1/C=C/C(=O)O. The van der Waals surface area contributed by atoms with Gasteiger partial charge in [0.2, 0.25) is 5.91 Å². The summed E-state index contributed by atoms with van der Waals surface area (Å²) in [5, 5.41) is 11.3. The third-order valence-electron chi connectivity index (χ3n) is 2.87. The molecule has 0 unspecified atom stereocenters. The molecule has 1 saturated heterocycles. The van der Waals surface area contributed by atoms with Crippen molar-refractivity contribution in [2.24, 2.45) is 0 Å². The van der Waals surface area contributed by atoms with E-state index in [4.69, 9.17) is 5.11 Å². The lowest BCUT2D eigenvalue weighted by atomic mass is 10.2. The number of carbonyl (C=O) groups excluding carboxylic acids is 2. The molecule has 1 aromatic rings. The van der Waals surface area contributed by atoms with Crippen molar-refractivity contribution in [2.45, 2.75) is 6.92 Å². The molecule has 7 heteroatoms. The number of piperazine rings is 1. The third-order valence-corrected chi connectivity index (χ3v) is 4.06. The molecule has 1 aliphatic heterocycles. The number of nitrogens with zero attached hydrogens (tertiary/aromatic N) is 1. The number of hydrogen-bond donors (Lipinski definition) is 2. The number of aryl methyl sites for hydroxylation is 1. The maximum atomic E-state index is 12.3. The first-order chi connectivity index (χ1) is 9.47. The topological polar surface area (TPSA) is 86.7 Å². The standard InChI is InChI=1S/C13H14N2O4S/c1-8-6-10(20-9(8)2-3-12(17)18)13(19)15-5-4-14-11(16)7-15/h2-3,6H,4-5,7H2,1H3,(H,14,16)(H,17,18)/b3-2+. The van der Waals surface area contributed by atoms with Gasteiger partial charge in [0.25, 0.3) is 5.91 Å². The number of amides is 2. The van der Waals surface area contributed by atoms with Crippen molar-refractivity contribution in [1.82, 2.24) is 10.2 Å². The maximum absolute atomic E-state index is 12.3. The minimum absolute atomic E-state index is 0.0656. The van der Waals surface area contributed by atoms with Crippen LogP contribution in [-0.4, -0.2) is 47.4 Å². The average Bonchev–Trinajstić information content (AvgIpc) is 2.77. The first-order valence-electron chi connectivity index (χ1n) is 6.05. The van der Waals surface area contributed by atoms with Crippen molar-refractivity contribution < 1.29 is 19.5 Å². The van der Waals surface area contributed by atoms with E-state index in [0.717, 1.165) is 16.5 Å². The lowest BCUT2D eigenvalue weighted by Gasteiger charge is -2.26. The molecule has 1 fully saturated rings. The van der Waals surface area contributed by atoms with Crippen LogP contribution in [0.5, 0.6) is 0 Å². The Hall–Kier alpha value is -2.15. The Morgan fingerprint density at radius 2 is 2.25 bits per heavy atom. The number of nitrogens with one attached hydrogen (secondary N) is 1. The van der Waals surface area contributed by atoms with E-state index in [2.05, 4.69) is 5.32 Å². The first-order valence-corrected chi connectivity index (χ1v) is 6.86. The summed E-state index contributed by atoms with van der Waals surface area (Å²) in [5.41, 5.74) is 0.845. The highest BCUT2D eigenvalue weighted by Gasteiger charge is 2.23. The van der Waals surface area contributed by atoms with E-state index < -0.39 is 5.97 Å². The van der Waals surface area contributed by atoms with Gasteiger partial charge in [0.1, 0.15) is 0 Å². The van der Waals surface area contributed by atoms with Gasteiger partial charge in [-0.05, 0) is 24.6 Å². The molecule has 2 N–H and O–H groups in total. The summed E-state index contributed by atoms with van der Waals surface area (Å²) in [6.07, 6.45) is 2.52. The molecule has 0 radical (unpaired) electrons. The quantitative estimate of drug-likeness (QED) is 0.804. The summed E-state index contributed by atoms with van der Waals surface area (Å²) in [6, 6.07) is 1.72. The third kappa shape index (κ3) is 3.24. The number of thiophene rings is 1. The van der Waals surface area contributed by atoms with E-state index in [1.165, 1.54) is 22.3 Å². The Bertz CT molecular complexity index is 591. The van der Waals surface area contributed by atoms with E-state index in [9.17, 15) is 14.4 Å².